The van der Waals surface area contributed by atoms with Crippen LogP contribution in [0, 0.1) is 0 Å². The molecule has 0 radical (unpaired) electrons. The standard InChI is InChI=1S/C15H21N3O3/c16-10-14(19)17-13-6-8-18(9-7-13)15(20)21-11-12-4-2-1-3-5-12/h1-5,13H,6-11,16H2,(H,17,19). The van der Waals surface area contributed by atoms with Gasteiger partial charge in [0, 0.05) is 19.1 Å². The molecule has 1 aliphatic rings. The van der Waals surface area contributed by atoms with Gasteiger partial charge in [0.1, 0.15) is 6.61 Å². The quantitative estimate of drug-likeness (QED) is 0.862. The molecule has 1 aromatic carbocycles. The van der Waals surface area contributed by atoms with E-state index in [0.29, 0.717) is 13.1 Å². The van der Waals surface area contributed by atoms with E-state index in [9.17, 15) is 9.59 Å². The molecule has 21 heavy (non-hydrogen) atoms. The number of hydrogen-bond acceptors (Lipinski definition) is 4. The third kappa shape index (κ3) is 4.75. The molecule has 0 atom stereocenters. The van der Waals surface area contributed by atoms with Crippen LogP contribution < -0.4 is 11.1 Å². The smallest absolute Gasteiger partial charge is 0.410 e. The molecule has 114 valence electrons. The lowest BCUT2D eigenvalue weighted by Crippen LogP contribution is -2.47. The zero-order valence-electron chi connectivity index (χ0n) is 12.0. The number of nitrogens with two attached hydrogens (primary N) is 1. The first-order valence-electron chi connectivity index (χ1n) is 7.14. The van der Waals surface area contributed by atoms with E-state index in [4.69, 9.17) is 10.5 Å². The van der Waals surface area contributed by atoms with E-state index in [-0.39, 0.29) is 31.2 Å². The Labute approximate surface area is 124 Å². The lowest BCUT2D eigenvalue weighted by Gasteiger charge is -2.31. The molecule has 0 spiro atoms. The van der Waals surface area contributed by atoms with Gasteiger partial charge in [-0.3, -0.25) is 4.79 Å². The number of benzene rings is 1. The third-order valence-electron chi connectivity index (χ3n) is 3.51. The Morgan fingerprint density at radius 1 is 1.24 bits per heavy atom. The van der Waals surface area contributed by atoms with Gasteiger partial charge in [-0.25, -0.2) is 4.79 Å². The summed E-state index contributed by atoms with van der Waals surface area (Å²) in [5.41, 5.74) is 6.23. The van der Waals surface area contributed by atoms with E-state index in [1.54, 1.807) is 4.90 Å². The number of piperidine rings is 1. The van der Waals surface area contributed by atoms with Crippen molar-refractivity contribution in [2.24, 2.45) is 5.73 Å². The van der Waals surface area contributed by atoms with Gasteiger partial charge in [0.2, 0.25) is 5.91 Å². The monoisotopic (exact) mass is 291 g/mol. The Balaban J connectivity index is 1.72. The molecular formula is C15H21N3O3. The number of amides is 2. The van der Waals surface area contributed by atoms with Crippen molar-refractivity contribution in [1.82, 2.24) is 10.2 Å². The minimum Gasteiger partial charge on any atom is -0.445 e. The SMILES string of the molecule is NCC(=O)NC1CCN(C(=O)OCc2ccccc2)CC1. The lowest BCUT2D eigenvalue weighted by molar-refractivity contribution is -0.120. The van der Waals surface area contributed by atoms with Crippen molar-refractivity contribution in [3.05, 3.63) is 35.9 Å². The van der Waals surface area contributed by atoms with E-state index < -0.39 is 0 Å². The fourth-order valence-electron chi connectivity index (χ4n) is 2.30. The number of carbonyl (C=O) groups excluding carboxylic acids is 2. The number of ether oxygens (including phenoxy) is 1. The van der Waals surface area contributed by atoms with E-state index in [1.165, 1.54) is 0 Å². The van der Waals surface area contributed by atoms with Crippen molar-refractivity contribution in [3.63, 3.8) is 0 Å². The predicted molar refractivity (Wildman–Crippen MR) is 78.4 cm³/mol. The molecule has 0 saturated carbocycles. The second-order valence-corrected chi connectivity index (χ2v) is 5.07. The van der Waals surface area contributed by atoms with Gasteiger partial charge in [-0.05, 0) is 18.4 Å². The molecule has 6 nitrogen and oxygen atoms in total. The number of nitrogens with zero attached hydrogens (tertiary/aromatic N) is 1. The van der Waals surface area contributed by atoms with Crippen LogP contribution in [0.25, 0.3) is 0 Å². The zero-order valence-corrected chi connectivity index (χ0v) is 12.0. The van der Waals surface area contributed by atoms with Crippen LogP contribution in [-0.4, -0.2) is 42.6 Å². The Morgan fingerprint density at radius 3 is 2.52 bits per heavy atom. The van der Waals surface area contributed by atoms with Gasteiger partial charge in [0.25, 0.3) is 0 Å². The molecule has 2 amide bonds. The Hall–Kier alpha value is -2.08. The minimum absolute atomic E-state index is 0.000663. The molecular weight excluding hydrogens is 270 g/mol. The van der Waals surface area contributed by atoms with Crippen LogP contribution in [0.1, 0.15) is 18.4 Å². The van der Waals surface area contributed by atoms with Crippen molar-refractivity contribution in [1.29, 1.82) is 0 Å². The maximum atomic E-state index is 12.0. The Bertz CT molecular complexity index is 470. The summed E-state index contributed by atoms with van der Waals surface area (Å²) < 4.78 is 5.28. The molecule has 1 saturated heterocycles. The normalized spacial score (nSPS) is 15.6. The van der Waals surface area contributed by atoms with E-state index in [2.05, 4.69) is 5.32 Å². The topological polar surface area (TPSA) is 84.7 Å². The average Bonchev–Trinajstić information content (AvgIpc) is 2.54. The van der Waals surface area contributed by atoms with Crippen LogP contribution >= 0.6 is 0 Å². The molecule has 0 aromatic heterocycles. The first kappa shape index (κ1) is 15.3. The van der Waals surface area contributed by atoms with Crippen LogP contribution in [0.4, 0.5) is 4.79 Å². The number of rotatable bonds is 4. The van der Waals surface area contributed by atoms with Crippen LogP contribution in [-0.2, 0) is 16.1 Å². The number of carbonyl (C=O) groups is 2. The molecule has 2 rings (SSSR count). The Kier molecular flexibility index (Phi) is 5.57. The van der Waals surface area contributed by atoms with Crippen molar-refractivity contribution in [3.8, 4) is 0 Å². The lowest BCUT2D eigenvalue weighted by atomic mass is 10.1. The molecule has 0 aliphatic carbocycles. The molecule has 1 heterocycles. The van der Waals surface area contributed by atoms with Gasteiger partial charge < -0.3 is 20.7 Å². The van der Waals surface area contributed by atoms with Gasteiger partial charge in [-0.1, -0.05) is 30.3 Å². The molecule has 6 heteroatoms. The Morgan fingerprint density at radius 2 is 1.90 bits per heavy atom. The van der Waals surface area contributed by atoms with Gasteiger partial charge in [-0.15, -0.1) is 0 Å². The van der Waals surface area contributed by atoms with Gasteiger partial charge in [-0.2, -0.15) is 0 Å². The van der Waals surface area contributed by atoms with Crippen LogP contribution in [0.2, 0.25) is 0 Å². The van der Waals surface area contributed by atoms with Crippen LogP contribution in [0.3, 0.4) is 0 Å². The highest BCUT2D eigenvalue weighted by Gasteiger charge is 2.24. The highest BCUT2D eigenvalue weighted by molar-refractivity contribution is 5.78. The largest absolute Gasteiger partial charge is 0.445 e. The van der Waals surface area contributed by atoms with Crippen molar-refractivity contribution in [2.45, 2.75) is 25.5 Å². The molecule has 1 aromatic rings. The summed E-state index contributed by atoms with van der Waals surface area (Å²) in [6.45, 7) is 1.45. The highest BCUT2D eigenvalue weighted by atomic mass is 16.6. The van der Waals surface area contributed by atoms with E-state index >= 15 is 0 Å². The summed E-state index contributed by atoms with van der Waals surface area (Å²) in [7, 11) is 0. The third-order valence-corrected chi connectivity index (χ3v) is 3.51. The molecule has 3 N–H and O–H groups in total. The summed E-state index contributed by atoms with van der Waals surface area (Å²) in [5.74, 6) is -0.153. The summed E-state index contributed by atoms with van der Waals surface area (Å²) in [6.07, 6.45) is 1.15. The summed E-state index contributed by atoms with van der Waals surface area (Å²) in [6, 6.07) is 9.68. The fraction of sp³-hybridized carbons (Fsp3) is 0.467. The zero-order chi connectivity index (χ0) is 15.1. The minimum atomic E-state index is -0.303. The molecule has 1 fully saturated rings. The fourth-order valence-corrected chi connectivity index (χ4v) is 2.30. The average molecular weight is 291 g/mol. The van der Waals surface area contributed by atoms with Gasteiger partial charge in [0.15, 0.2) is 0 Å². The van der Waals surface area contributed by atoms with Crippen LogP contribution in [0.15, 0.2) is 30.3 Å². The second kappa shape index (κ2) is 7.64. The van der Waals surface area contributed by atoms with Crippen molar-refractivity contribution < 1.29 is 14.3 Å². The summed E-state index contributed by atoms with van der Waals surface area (Å²) in [4.78, 5) is 24.8. The molecule has 0 bridgehead atoms. The van der Waals surface area contributed by atoms with Crippen molar-refractivity contribution >= 4 is 12.0 Å². The molecule has 0 unspecified atom stereocenters. The highest BCUT2D eigenvalue weighted by Crippen LogP contribution is 2.12. The van der Waals surface area contributed by atoms with Gasteiger partial charge >= 0.3 is 6.09 Å². The molecule has 1 aliphatic heterocycles. The predicted octanol–water partition coefficient (Wildman–Crippen LogP) is 0.863. The number of hydrogen-bond donors (Lipinski definition) is 2. The maximum absolute atomic E-state index is 12.0. The van der Waals surface area contributed by atoms with Crippen molar-refractivity contribution in [2.75, 3.05) is 19.6 Å². The number of likely N-dealkylation sites (tertiary alicyclic amines) is 1. The summed E-state index contributed by atoms with van der Waals surface area (Å²) >= 11 is 0. The maximum Gasteiger partial charge on any atom is 0.410 e. The van der Waals surface area contributed by atoms with E-state index in [1.807, 2.05) is 30.3 Å². The number of nitrogens with one attached hydrogen (secondary N) is 1. The first-order valence-corrected chi connectivity index (χ1v) is 7.14. The van der Waals surface area contributed by atoms with E-state index in [0.717, 1.165) is 18.4 Å². The summed E-state index contributed by atoms with van der Waals surface area (Å²) in [5, 5.41) is 2.84. The van der Waals surface area contributed by atoms with Crippen LogP contribution in [0.5, 0.6) is 0 Å². The first-order chi connectivity index (χ1) is 10.2. The second-order valence-electron chi connectivity index (χ2n) is 5.07. The van der Waals surface area contributed by atoms with Gasteiger partial charge in [0.05, 0.1) is 6.54 Å².